The van der Waals surface area contributed by atoms with E-state index in [2.05, 4.69) is 100 Å². The van der Waals surface area contributed by atoms with Crippen molar-refractivity contribution in [3.8, 4) is 22.4 Å². The average molecular weight is 422 g/mol. The molecule has 5 aromatic rings. The van der Waals surface area contributed by atoms with Gasteiger partial charge in [-0.3, -0.25) is 4.98 Å². The Kier molecular flexibility index (Phi) is 4.91. The van der Waals surface area contributed by atoms with E-state index in [9.17, 15) is 0 Å². The molecule has 0 fully saturated rings. The molecule has 0 atom stereocenters. The van der Waals surface area contributed by atoms with E-state index in [1.165, 1.54) is 48.0 Å². The summed E-state index contributed by atoms with van der Waals surface area (Å²) in [7, 11) is 0. The number of aromatic nitrogens is 1. The second kappa shape index (κ2) is 7.62. The van der Waals surface area contributed by atoms with Crippen molar-refractivity contribution in [2.45, 2.75) is 34.1 Å². The Morgan fingerprint density at radius 1 is 0.806 bits per heavy atom. The normalized spacial score (nSPS) is 12.0. The van der Waals surface area contributed by atoms with Gasteiger partial charge in [0.1, 0.15) is 0 Å². The molecule has 0 unspecified atom stereocenters. The average Bonchev–Trinajstić information content (AvgIpc) is 3.13. The minimum Gasteiger partial charge on any atom is -0.256 e. The van der Waals surface area contributed by atoms with Crippen LogP contribution in [0.4, 0.5) is 0 Å². The maximum atomic E-state index is 4.83. The van der Waals surface area contributed by atoms with Crippen molar-refractivity contribution in [2.24, 2.45) is 5.41 Å². The van der Waals surface area contributed by atoms with Gasteiger partial charge in [0.05, 0.1) is 5.69 Å². The van der Waals surface area contributed by atoms with Crippen LogP contribution in [0.5, 0.6) is 0 Å². The molecule has 0 N–H and O–H groups in total. The van der Waals surface area contributed by atoms with Gasteiger partial charge in [-0.25, -0.2) is 0 Å². The molecular formula is C29H27NS. The number of hydrogen-bond donors (Lipinski definition) is 0. The van der Waals surface area contributed by atoms with E-state index in [0.717, 1.165) is 12.1 Å². The van der Waals surface area contributed by atoms with Crippen LogP contribution in [0.1, 0.15) is 31.9 Å². The van der Waals surface area contributed by atoms with Crippen molar-refractivity contribution in [3.63, 3.8) is 0 Å². The van der Waals surface area contributed by atoms with Crippen molar-refractivity contribution in [2.75, 3.05) is 0 Å². The SMILES string of the molecule is Cc1cnc(-c2cccc3c2sc2cc(-c4ccccc4)ccc23)cc1CC(C)(C)C. The van der Waals surface area contributed by atoms with Crippen molar-refractivity contribution >= 4 is 31.5 Å². The van der Waals surface area contributed by atoms with Gasteiger partial charge in [-0.05, 0) is 53.1 Å². The Morgan fingerprint density at radius 3 is 2.39 bits per heavy atom. The number of rotatable bonds is 3. The lowest BCUT2D eigenvalue weighted by Crippen LogP contribution is -2.10. The molecule has 0 aliphatic carbocycles. The van der Waals surface area contributed by atoms with Crippen LogP contribution in [0.2, 0.25) is 0 Å². The van der Waals surface area contributed by atoms with Crippen LogP contribution in [0, 0.1) is 12.3 Å². The van der Waals surface area contributed by atoms with Gasteiger partial charge in [-0.2, -0.15) is 0 Å². The van der Waals surface area contributed by atoms with Gasteiger partial charge in [0.25, 0.3) is 0 Å². The maximum absolute atomic E-state index is 4.83. The molecule has 2 aromatic heterocycles. The van der Waals surface area contributed by atoms with E-state index in [4.69, 9.17) is 4.98 Å². The van der Waals surface area contributed by atoms with E-state index in [1.54, 1.807) is 0 Å². The summed E-state index contributed by atoms with van der Waals surface area (Å²) in [5.41, 5.74) is 7.74. The summed E-state index contributed by atoms with van der Waals surface area (Å²) in [5, 5.41) is 2.64. The molecule has 0 saturated carbocycles. The van der Waals surface area contributed by atoms with E-state index in [1.807, 2.05) is 17.5 Å². The standard InChI is InChI=1S/C29H27NS/c1-19-18-30-26(15-22(19)17-29(2,3)4)25-12-8-11-24-23-14-13-21(16-27(23)31-28(24)25)20-9-6-5-7-10-20/h5-16,18H,17H2,1-4H3. The number of aryl methyl sites for hydroxylation is 1. The summed E-state index contributed by atoms with van der Waals surface area (Å²) in [6, 6.07) is 26.4. The molecular weight excluding hydrogens is 394 g/mol. The smallest absolute Gasteiger partial charge is 0.0719 e. The molecule has 5 rings (SSSR count). The van der Waals surface area contributed by atoms with Gasteiger partial charge in [-0.15, -0.1) is 11.3 Å². The fourth-order valence-electron chi connectivity index (χ4n) is 4.28. The summed E-state index contributed by atoms with van der Waals surface area (Å²) in [4.78, 5) is 4.83. The molecule has 0 saturated heterocycles. The van der Waals surface area contributed by atoms with Crippen LogP contribution in [-0.4, -0.2) is 4.98 Å². The number of fused-ring (bicyclic) bond motifs is 3. The number of thiophene rings is 1. The molecule has 0 spiro atoms. The first kappa shape index (κ1) is 20.0. The Morgan fingerprint density at radius 2 is 1.61 bits per heavy atom. The fourth-order valence-corrected chi connectivity index (χ4v) is 5.55. The lowest BCUT2D eigenvalue weighted by molar-refractivity contribution is 0.410. The van der Waals surface area contributed by atoms with Gasteiger partial charge >= 0.3 is 0 Å². The largest absolute Gasteiger partial charge is 0.256 e. The van der Waals surface area contributed by atoms with Crippen molar-refractivity contribution in [1.29, 1.82) is 0 Å². The van der Waals surface area contributed by atoms with Crippen molar-refractivity contribution in [3.05, 3.63) is 90.1 Å². The van der Waals surface area contributed by atoms with Gasteiger partial charge in [0, 0.05) is 31.9 Å². The third-order valence-corrected chi connectivity index (χ3v) is 7.02. The first-order valence-corrected chi connectivity index (χ1v) is 11.7. The quantitative estimate of drug-likeness (QED) is 0.284. The number of pyridine rings is 1. The Hall–Kier alpha value is -2.97. The van der Waals surface area contributed by atoms with Gasteiger partial charge < -0.3 is 0 Å². The lowest BCUT2D eigenvalue weighted by Gasteiger charge is -2.20. The predicted octanol–water partition coefficient (Wildman–Crippen LogP) is 8.68. The zero-order valence-corrected chi connectivity index (χ0v) is 19.4. The zero-order valence-electron chi connectivity index (χ0n) is 18.6. The Balaban J connectivity index is 1.66. The summed E-state index contributed by atoms with van der Waals surface area (Å²) in [5.74, 6) is 0. The highest BCUT2D eigenvalue weighted by atomic mass is 32.1. The summed E-state index contributed by atoms with van der Waals surface area (Å²) < 4.78 is 2.65. The third-order valence-electron chi connectivity index (χ3n) is 5.82. The lowest BCUT2D eigenvalue weighted by atomic mass is 9.86. The van der Waals surface area contributed by atoms with Crippen LogP contribution >= 0.6 is 11.3 Å². The molecule has 0 amide bonds. The zero-order chi connectivity index (χ0) is 21.6. The summed E-state index contributed by atoms with van der Waals surface area (Å²) in [6.45, 7) is 9.06. The van der Waals surface area contributed by atoms with Crippen molar-refractivity contribution in [1.82, 2.24) is 4.98 Å². The highest BCUT2D eigenvalue weighted by Crippen LogP contribution is 2.41. The predicted molar refractivity (Wildman–Crippen MR) is 136 cm³/mol. The van der Waals surface area contributed by atoms with Gasteiger partial charge in [0.2, 0.25) is 0 Å². The third kappa shape index (κ3) is 3.88. The molecule has 0 radical (unpaired) electrons. The van der Waals surface area contributed by atoms with E-state index in [0.29, 0.717) is 0 Å². The Labute approximate surface area is 188 Å². The van der Waals surface area contributed by atoms with E-state index < -0.39 is 0 Å². The van der Waals surface area contributed by atoms with Crippen molar-refractivity contribution < 1.29 is 0 Å². The van der Waals surface area contributed by atoms with E-state index >= 15 is 0 Å². The number of hydrogen-bond acceptors (Lipinski definition) is 2. The molecule has 2 heteroatoms. The van der Waals surface area contributed by atoms with Gasteiger partial charge in [0.15, 0.2) is 0 Å². The second-order valence-corrected chi connectivity index (χ2v) is 10.6. The molecule has 3 aromatic carbocycles. The van der Waals surface area contributed by atoms with Gasteiger partial charge in [-0.1, -0.05) is 81.4 Å². The molecule has 154 valence electrons. The van der Waals surface area contributed by atoms with Crippen LogP contribution in [0.3, 0.4) is 0 Å². The number of benzene rings is 3. The Bertz CT molecular complexity index is 1390. The summed E-state index contributed by atoms with van der Waals surface area (Å²) in [6.07, 6.45) is 3.09. The first-order valence-electron chi connectivity index (χ1n) is 10.9. The van der Waals surface area contributed by atoms with E-state index in [-0.39, 0.29) is 5.41 Å². The molecule has 0 bridgehead atoms. The molecule has 0 aliphatic rings. The second-order valence-electron chi connectivity index (χ2n) is 9.59. The molecule has 31 heavy (non-hydrogen) atoms. The minimum atomic E-state index is 0.251. The topological polar surface area (TPSA) is 12.9 Å². The molecule has 0 aliphatic heterocycles. The van der Waals surface area contributed by atoms with Crippen LogP contribution in [-0.2, 0) is 6.42 Å². The number of nitrogens with zero attached hydrogens (tertiary/aromatic N) is 1. The van der Waals surface area contributed by atoms with Crippen LogP contribution in [0.25, 0.3) is 42.6 Å². The van der Waals surface area contributed by atoms with Crippen LogP contribution in [0.15, 0.2) is 79.0 Å². The minimum absolute atomic E-state index is 0.251. The van der Waals surface area contributed by atoms with Crippen LogP contribution < -0.4 is 0 Å². The first-order chi connectivity index (χ1) is 14.9. The highest BCUT2D eigenvalue weighted by Gasteiger charge is 2.16. The monoisotopic (exact) mass is 421 g/mol. The highest BCUT2D eigenvalue weighted by molar-refractivity contribution is 7.26. The molecule has 2 heterocycles. The summed E-state index contributed by atoms with van der Waals surface area (Å²) >= 11 is 1.88. The fraction of sp³-hybridized carbons (Fsp3) is 0.207. The molecule has 1 nitrogen and oxygen atoms in total. The maximum Gasteiger partial charge on any atom is 0.0719 e.